The van der Waals surface area contributed by atoms with E-state index >= 15 is 0 Å². The average Bonchev–Trinajstić information content (AvgIpc) is 3.11. The SMILES string of the molecule is C=C[C@@H](CC)C1=CC=CC(C(=NC)c2c(CCCCCC)nc3ccccn23)C1. The van der Waals surface area contributed by atoms with Crippen molar-refractivity contribution in [2.75, 3.05) is 7.05 Å². The van der Waals surface area contributed by atoms with Crippen molar-refractivity contribution in [1.29, 1.82) is 0 Å². The summed E-state index contributed by atoms with van der Waals surface area (Å²) >= 11 is 0. The third-order valence-corrected chi connectivity index (χ3v) is 6.01. The molecule has 3 heteroatoms. The van der Waals surface area contributed by atoms with Crippen LogP contribution in [0.3, 0.4) is 0 Å². The van der Waals surface area contributed by atoms with E-state index in [1.807, 2.05) is 7.05 Å². The lowest BCUT2D eigenvalue weighted by Gasteiger charge is -2.24. The molecule has 1 aliphatic carbocycles. The van der Waals surface area contributed by atoms with Crippen molar-refractivity contribution >= 4 is 11.4 Å². The van der Waals surface area contributed by atoms with Crippen LogP contribution in [0.5, 0.6) is 0 Å². The van der Waals surface area contributed by atoms with E-state index in [0.29, 0.717) is 5.92 Å². The highest BCUT2D eigenvalue weighted by Gasteiger charge is 2.26. The van der Waals surface area contributed by atoms with Gasteiger partial charge in [-0.3, -0.25) is 9.39 Å². The molecule has 2 atom stereocenters. The van der Waals surface area contributed by atoms with Crippen molar-refractivity contribution in [1.82, 2.24) is 9.38 Å². The van der Waals surface area contributed by atoms with Gasteiger partial charge in [-0.15, -0.1) is 6.58 Å². The highest BCUT2D eigenvalue weighted by molar-refractivity contribution is 6.03. The Kier molecular flexibility index (Phi) is 7.62. The van der Waals surface area contributed by atoms with Crippen LogP contribution in [0.2, 0.25) is 0 Å². The van der Waals surface area contributed by atoms with E-state index in [1.54, 1.807) is 0 Å². The van der Waals surface area contributed by atoms with Crippen LogP contribution in [0.4, 0.5) is 0 Å². The summed E-state index contributed by atoms with van der Waals surface area (Å²) in [4.78, 5) is 9.79. The molecule has 0 spiro atoms. The maximum absolute atomic E-state index is 4.99. The monoisotopic (exact) mass is 389 g/mol. The van der Waals surface area contributed by atoms with Gasteiger partial charge in [0.2, 0.25) is 0 Å². The molecule has 3 nitrogen and oxygen atoms in total. The Bertz CT molecular complexity index is 913. The van der Waals surface area contributed by atoms with Gasteiger partial charge in [0.05, 0.1) is 17.1 Å². The molecule has 29 heavy (non-hydrogen) atoms. The number of imidazole rings is 1. The zero-order chi connectivity index (χ0) is 20.6. The summed E-state index contributed by atoms with van der Waals surface area (Å²) in [5, 5.41) is 0. The minimum atomic E-state index is 0.281. The van der Waals surface area contributed by atoms with E-state index in [0.717, 1.165) is 30.6 Å². The standard InChI is InChI=1S/C26H35N3/c1-5-8-9-10-16-23-26(29-18-12-11-17-24(29)28-23)25(27-4)22-15-13-14-21(19-22)20(6-2)7-3/h6,11-15,17-18,20,22H,2,5,7-10,16,19H2,1,3-4H3/t20-,22?/m0/s1. The fourth-order valence-electron chi connectivity index (χ4n) is 4.40. The lowest BCUT2D eigenvalue weighted by atomic mass is 9.82. The Labute approximate surface area is 176 Å². The van der Waals surface area contributed by atoms with Crippen LogP contribution in [0.25, 0.3) is 5.65 Å². The maximum Gasteiger partial charge on any atom is 0.137 e. The lowest BCUT2D eigenvalue weighted by Crippen LogP contribution is -2.21. The van der Waals surface area contributed by atoms with E-state index in [4.69, 9.17) is 9.98 Å². The summed E-state index contributed by atoms with van der Waals surface area (Å²) in [5.74, 6) is 0.722. The molecule has 2 heterocycles. The van der Waals surface area contributed by atoms with Crippen LogP contribution < -0.4 is 0 Å². The van der Waals surface area contributed by atoms with Crippen molar-refractivity contribution in [2.45, 2.75) is 58.8 Å². The lowest BCUT2D eigenvalue weighted by molar-refractivity contribution is 0.652. The van der Waals surface area contributed by atoms with Gasteiger partial charge in [-0.05, 0) is 43.7 Å². The Morgan fingerprint density at radius 3 is 2.90 bits per heavy atom. The molecule has 2 aromatic heterocycles. The molecular formula is C26H35N3. The number of aryl methyl sites for hydroxylation is 1. The van der Waals surface area contributed by atoms with E-state index in [1.165, 1.54) is 42.6 Å². The highest BCUT2D eigenvalue weighted by Crippen LogP contribution is 2.31. The molecule has 0 saturated carbocycles. The van der Waals surface area contributed by atoms with Crippen LogP contribution in [0.1, 0.15) is 63.8 Å². The largest absolute Gasteiger partial charge is 0.298 e. The molecule has 0 N–H and O–H groups in total. The molecule has 0 fully saturated rings. The Morgan fingerprint density at radius 2 is 2.17 bits per heavy atom. The number of pyridine rings is 1. The average molecular weight is 390 g/mol. The first-order valence-electron chi connectivity index (χ1n) is 11.2. The molecular weight excluding hydrogens is 354 g/mol. The molecule has 2 aromatic rings. The molecule has 0 amide bonds. The third kappa shape index (κ3) is 4.77. The van der Waals surface area contributed by atoms with Crippen LogP contribution in [-0.2, 0) is 6.42 Å². The van der Waals surface area contributed by atoms with Crippen molar-refractivity contribution in [3.05, 3.63) is 72.2 Å². The Morgan fingerprint density at radius 1 is 1.31 bits per heavy atom. The molecule has 1 unspecified atom stereocenters. The predicted molar refractivity (Wildman–Crippen MR) is 125 cm³/mol. The van der Waals surface area contributed by atoms with Crippen molar-refractivity contribution < 1.29 is 0 Å². The second kappa shape index (κ2) is 10.4. The van der Waals surface area contributed by atoms with E-state index < -0.39 is 0 Å². The highest BCUT2D eigenvalue weighted by atomic mass is 15.0. The van der Waals surface area contributed by atoms with Gasteiger partial charge < -0.3 is 0 Å². The number of aromatic nitrogens is 2. The molecule has 0 bridgehead atoms. The molecule has 1 aliphatic rings. The molecule has 0 aromatic carbocycles. The number of hydrogen-bond donors (Lipinski definition) is 0. The van der Waals surface area contributed by atoms with Gasteiger partial charge in [0, 0.05) is 19.2 Å². The summed E-state index contributed by atoms with van der Waals surface area (Å²) in [6.07, 6.45) is 19.1. The minimum Gasteiger partial charge on any atom is -0.298 e. The molecule has 0 radical (unpaired) electrons. The smallest absolute Gasteiger partial charge is 0.137 e. The van der Waals surface area contributed by atoms with E-state index in [2.05, 4.69) is 73.5 Å². The van der Waals surface area contributed by atoms with Crippen LogP contribution in [-0.4, -0.2) is 22.1 Å². The first-order valence-corrected chi connectivity index (χ1v) is 11.2. The Hall–Kier alpha value is -2.42. The first-order chi connectivity index (χ1) is 14.2. The van der Waals surface area contributed by atoms with Crippen LogP contribution in [0.15, 0.2) is 65.8 Å². The molecule has 154 valence electrons. The topological polar surface area (TPSA) is 29.7 Å². The second-order valence-electron chi connectivity index (χ2n) is 7.94. The van der Waals surface area contributed by atoms with E-state index in [9.17, 15) is 0 Å². The normalized spacial score (nSPS) is 18.1. The Balaban J connectivity index is 1.94. The molecule has 0 aliphatic heterocycles. The van der Waals surface area contributed by atoms with Crippen molar-refractivity contribution in [2.24, 2.45) is 16.8 Å². The van der Waals surface area contributed by atoms with Gasteiger partial charge in [0.1, 0.15) is 5.65 Å². The molecule has 3 rings (SSSR count). The van der Waals surface area contributed by atoms with Crippen LogP contribution in [0, 0.1) is 11.8 Å². The number of unbranched alkanes of at least 4 members (excludes halogenated alkanes) is 3. The zero-order valence-corrected chi connectivity index (χ0v) is 18.3. The molecule has 0 saturated heterocycles. The predicted octanol–water partition coefficient (Wildman–Crippen LogP) is 6.59. The first kappa shape index (κ1) is 21.3. The van der Waals surface area contributed by atoms with Gasteiger partial charge in [0.25, 0.3) is 0 Å². The summed E-state index contributed by atoms with van der Waals surface area (Å²) in [6, 6.07) is 6.24. The van der Waals surface area contributed by atoms with Gasteiger partial charge in [-0.1, -0.05) is 69.1 Å². The van der Waals surface area contributed by atoms with Crippen molar-refractivity contribution in [3.63, 3.8) is 0 Å². The number of allylic oxidation sites excluding steroid dienone is 5. The quantitative estimate of drug-likeness (QED) is 0.256. The zero-order valence-electron chi connectivity index (χ0n) is 18.3. The number of rotatable bonds is 10. The van der Waals surface area contributed by atoms with E-state index in [-0.39, 0.29) is 5.92 Å². The van der Waals surface area contributed by atoms with Gasteiger partial charge in [0.15, 0.2) is 0 Å². The van der Waals surface area contributed by atoms with Crippen molar-refractivity contribution in [3.8, 4) is 0 Å². The van der Waals surface area contributed by atoms with Gasteiger partial charge >= 0.3 is 0 Å². The summed E-state index contributed by atoms with van der Waals surface area (Å²) in [7, 11) is 1.93. The number of aliphatic imine (C=N–C) groups is 1. The van der Waals surface area contributed by atoms with Gasteiger partial charge in [-0.25, -0.2) is 4.98 Å². The number of nitrogens with zero attached hydrogens (tertiary/aromatic N) is 3. The summed E-state index contributed by atoms with van der Waals surface area (Å²) < 4.78 is 2.23. The number of hydrogen-bond acceptors (Lipinski definition) is 2. The summed E-state index contributed by atoms with van der Waals surface area (Å²) in [6.45, 7) is 8.53. The maximum atomic E-state index is 4.99. The fraction of sp³-hybridized carbons (Fsp3) is 0.462. The third-order valence-electron chi connectivity index (χ3n) is 6.01. The minimum absolute atomic E-state index is 0.281. The fourth-order valence-corrected chi connectivity index (χ4v) is 4.40. The summed E-state index contributed by atoms with van der Waals surface area (Å²) in [5.41, 5.74) is 6.00. The number of fused-ring (bicyclic) bond motifs is 1. The van der Waals surface area contributed by atoms with Gasteiger partial charge in [-0.2, -0.15) is 0 Å². The van der Waals surface area contributed by atoms with Crippen LogP contribution >= 0.6 is 0 Å². The second-order valence-corrected chi connectivity index (χ2v) is 7.94.